The van der Waals surface area contributed by atoms with Crippen LogP contribution < -0.4 is 14.8 Å². The van der Waals surface area contributed by atoms with Gasteiger partial charge in [0.15, 0.2) is 17.6 Å². The average molecular weight is 371 g/mol. The summed E-state index contributed by atoms with van der Waals surface area (Å²) >= 11 is 0. The fourth-order valence-electron chi connectivity index (χ4n) is 2.39. The van der Waals surface area contributed by atoms with Crippen LogP contribution in [0.25, 0.3) is 6.08 Å². The Balaban J connectivity index is 1.56. The molecule has 0 spiro atoms. The van der Waals surface area contributed by atoms with Crippen LogP contribution in [0.4, 0.5) is 10.1 Å². The largest absolute Gasteiger partial charge is 0.486 e. The van der Waals surface area contributed by atoms with Crippen molar-refractivity contribution in [3.63, 3.8) is 0 Å². The second-order valence-corrected chi connectivity index (χ2v) is 5.78. The Morgan fingerprint density at radius 1 is 1.15 bits per heavy atom. The van der Waals surface area contributed by atoms with Crippen molar-refractivity contribution in [2.75, 3.05) is 18.5 Å². The molecule has 1 aliphatic rings. The molecular formula is C20H18FNO5. The highest BCUT2D eigenvalue weighted by Crippen LogP contribution is 2.31. The van der Waals surface area contributed by atoms with Crippen molar-refractivity contribution in [1.29, 1.82) is 0 Å². The van der Waals surface area contributed by atoms with E-state index in [-0.39, 0.29) is 5.69 Å². The minimum atomic E-state index is -1.08. The number of fused-ring (bicyclic) bond motifs is 1. The lowest BCUT2D eigenvalue weighted by Gasteiger charge is -2.18. The summed E-state index contributed by atoms with van der Waals surface area (Å²) < 4.78 is 29.5. The third-order valence-corrected chi connectivity index (χ3v) is 3.77. The Hall–Kier alpha value is -3.35. The van der Waals surface area contributed by atoms with Crippen LogP contribution in [-0.4, -0.2) is 31.2 Å². The molecule has 1 atom stereocenters. The number of carbonyl (C=O) groups excluding carboxylic acids is 2. The van der Waals surface area contributed by atoms with Gasteiger partial charge in [-0.15, -0.1) is 0 Å². The predicted molar refractivity (Wildman–Crippen MR) is 97.0 cm³/mol. The number of hydrogen-bond acceptors (Lipinski definition) is 5. The minimum absolute atomic E-state index is 0.0252. The Morgan fingerprint density at radius 2 is 1.89 bits per heavy atom. The number of amides is 1. The molecule has 0 unspecified atom stereocenters. The molecular weight excluding hydrogens is 353 g/mol. The van der Waals surface area contributed by atoms with E-state index in [2.05, 4.69) is 5.32 Å². The first-order valence-corrected chi connectivity index (χ1v) is 8.36. The predicted octanol–water partition coefficient (Wildman–Crippen LogP) is 3.18. The number of halogens is 1. The molecule has 0 bridgehead atoms. The SMILES string of the molecule is C[C@H](OC(=O)/C=C/c1ccc2c(c1)OCCO2)C(=O)Nc1ccccc1F. The van der Waals surface area contributed by atoms with Crippen LogP contribution in [0.3, 0.4) is 0 Å². The lowest BCUT2D eigenvalue weighted by Crippen LogP contribution is -2.29. The fraction of sp³-hybridized carbons (Fsp3) is 0.200. The van der Waals surface area contributed by atoms with E-state index in [1.165, 1.54) is 31.2 Å². The van der Waals surface area contributed by atoms with E-state index >= 15 is 0 Å². The molecule has 3 rings (SSSR count). The normalized spacial score (nSPS) is 13.9. The van der Waals surface area contributed by atoms with Gasteiger partial charge in [0.25, 0.3) is 5.91 Å². The number of para-hydroxylation sites is 1. The molecule has 0 aliphatic carbocycles. The third-order valence-electron chi connectivity index (χ3n) is 3.77. The maximum absolute atomic E-state index is 13.6. The van der Waals surface area contributed by atoms with Crippen LogP contribution in [0, 0.1) is 5.82 Å². The summed E-state index contributed by atoms with van der Waals surface area (Å²) in [4.78, 5) is 23.9. The van der Waals surface area contributed by atoms with Gasteiger partial charge in [0.05, 0.1) is 5.69 Å². The maximum Gasteiger partial charge on any atom is 0.331 e. The molecule has 1 amide bonds. The molecule has 0 radical (unpaired) electrons. The number of carbonyl (C=O) groups is 2. The summed E-state index contributed by atoms with van der Waals surface area (Å²) in [5.74, 6) is -0.626. The monoisotopic (exact) mass is 371 g/mol. The molecule has 1 aliphatic heterocycles. The van der Waals surface area contributed by atoms with E-state index < -0.39 is 23.8 Å². The van der Waals surface area contributed by atoms with Gasteiger partial charge in [0.2, 0.25) is 0 Å². The zero-order valence-electron chi connectivity index (χ0n) is 14.6. The zero-order chi connectivity index (χ0) is 19.2. The average Bonchev–Trinajstić information content (AvgIpc) is 2.68. The molecule has 6 nitrogen and oxygen atoms in total. The molecule has 2 aromatic carbocycles. The van der Waals surface area contributed by atoms with Crippen molar-refractivity contribution >= 4 is 23.6 Å². The number of benzene rings is 2. The van der Waals surface area contributed by atoms with E-state index in [0.29, 0.717) is 24.7 Å². The number of esters is 1. The first kappa shape index (κ1) is 18.4. The van der Waals surface area contributed by atoms with Crippen LogP contribution in [0.5, 0.6) is 11.5 Å². The lowest BCUT2D eigenvalue weighted by atomic mass is 10.2. The summed E-state index contributed by atoms with van der Waals surface area (Å²) in [7, 11) is 0. The third kappa shape index (κ3) is 4.84. The molecule has 0 saturated heterocycles. The highest BCUT2D eigenvalue weighted by Gasteiger charge is 2.18. The summed E-state index contributed by atoms with van der Waals surface area (Å²) in [6.07, 6.45) is 1.67. The van der Waals surface area contributed by atoms with Gasteiger partial charge >= 0.3 is 5.97 Å². The van der Waals surface area contributed by atoms with E-state index in [0.717, 1.165) is 5.56 Å². The second kappa shape index (κ2) is 8.35. The van der Waals surface area contributed by atoms with Gasteiger partial charge in [-0.1, -0.05) is 18.2 Å². The molecule has 1 N–H and O–H groups in total. The molecule has 140 valence electrons. The van der Waals surface area contributed by atoms with Gasteiger partial charge in [-0.3, -0.25) is 4.79 Å². The summed E-state index contributed by atoms with van der Waals surface area (Å²) in [6, 6.07) is 11.0. The van der Waals surface area contributed by atoms with Crippen LogP contribution in [0.1, 0.15) is 12.5 Å². The Labute approximate surface area is 155 Å². The second-order valence-electron chi connectivity index (χ2n) is 5.78. The summed E-state index contributed by atoms with van der Waals surface area (Å²) in [6.45, 7) is 2.38. The highest BCUT2D eigenvalue weighted by atomic mass is 19.1. The molecule has 0 saturated carbocycles. The van der Waals surface area contributed by atoms with Crippen molar-refractivity contribution < 1.29 is 28.2 Å². The Morgan fingerprint density at radius 3 is 2.67 bits per heavy atom. The summed E-state index contributed by atoms with van der Waals surface area (Å²) in [5.41, 5.74) is 0.747. The number of hydrogen-bond donors (Lipinski definition) is 1. The molecule has 0 aromatic heterocycles. The molecule has 7 heteroatoms. The van der Waals surface area contributed by atoms with Gasteiger partial charge in [-0.25, -0.2) is 9.18 Å². The fourth-order valence-corrected chi connectivity index (χ4v) is 2.39. The van der Waals surface area contributed by atoms with Crippen LogP contribution in [0.2, 0.25) is 0 Å². The molecule has 1 heterocycles. The first-order valence-electron chi connectivity index (χ1n) is 8.36. The molecule has 0 fully saturated rings. The number of anilines is 1. The minimum Gasteiger partial charge on any atom is -0.486 e. The van der Waals surface area contributed by atoms with Crippen LogP contribution >= 0.6 is 0 Å². The maximum atomic E-state index is 13.6. The molecule has 27 heavy (non-hydrogen) atoms. The van der Waals surface area contributed by atoms with Crippen molar-refractivity contribution in [2.24, 2.45) is 0 Å². The van der Waals surface area contributed by atoms with Crippen LogP contribution in [0.15, 0.2) is 48.5 Å². The van der Waals surface area contributed by atoms with Crippen molar-refractivity contribution in [2.45, 2.75) is 13.0 Å². The number of rotatable bonds is 5. The summed E-state index contributed by atoms with van der Waals surface area (Å²) in [5, 5.41) is 2.38. The van der Waals surface area contributed by atoms with Gasteiger partial charge in [-0.2, -0.15) is 0 Å². The van der Waals surface area contributed by atoms with Gasteiger partial charge in [-0.05, 0) is 42.8 Å². The quantitative estimate of drug-likeness (QED) is 0.646. The van der Waals surface area contributed by atoms with E-state index in [9.17, 15) is 14.0 Å². The zero-order valence-corrected chi connectivity index (χ0v) is 14.6. The van der Waals surface area contributed by atoms with Crippen LogP contribution in [-0.2, 0) is 14.3 Å². The Bertz CT molecular complexity index is 880. The van der Waals surface area contributed by atoms with E-state index in [4.69, 9.17) is 14.2 Å². The first-order chi connectivity index (χ1) is 13.0. The van der Waals surface area contributed by atoms with Crippen molar-refractivity contribution in [3.05, 3.63) is 59.9 Å². The topological polar surface area (TPSA) is 73.9 Å². The molecule has 2 aromatic rings. The van der Waals surface area contributed by atoms with Gasteiger partial charge in [0, 0.05) is 6.08 Å². The highest BCUT2D eigenvalue weighted by molar-refractivity contribution is 5.96. The van der Waals surface area contributed by atoms with Gasteiger partial charge < -0.3 is 19.5 Å². The smallest absolute Gasteiger partial charge is 0.331 e. The Kier molecular flexibility index (Phi) is 5.71. The van der Waals surface area contributed by atoms with Crippen molar-refractivity contribution in [3.8, 4) is 11.5 Å². The lowest BCUT2D eigenvalue weighted by molar-refractivity contribution is -0.148. The number of ether oxygens (including phenoxy) is 3. The van der Waals surface area contributed by atoms with Crippen molar-refractivity contribution in [1.82, 2.24) is 0 Å². The van der Waals surface area contributed by atoms with E-state index in [1.807, 2.05) is 0 Å². The number of nitrogens with one attached hydrogen (secondary N) is 1. The standard InChI is InChI=1S/C20H18FNO5/c1-13(20(24)22-16-5-3-2-4-15(16)21)27-19(23)9-7-14-6-8-17-18(12-14)26-11-10-25-17/h2-9,12-13H,10-11H2,1H3,(H,22,24)/b9-7+/t13-/m0/s1. The van der Waals surface area contributed by atoms with E-state index in [1.54, 1.807) is 30.3 Å². The van der Waals surface area contributed by atoms with Gasteiger partial charge in [0.1, 0.15) is 19.0 Å².